The summed E-state index contributed by atoms with van der Waals surface area (Å²) in [5, 5.41) is 1.62. The summed E-state index contributed by atoms with van der Waals surface area (Å²) in [5.41, 5.74) is 7.48. The molecule has 2 aromatic heterocycles. The van der Waals surface area contributed by atoms with Crippen molar-refractivity contribution in [1.29, 1.82) is 0 Å². The van der Waals surface area contributed by atoms with Crippen molar-refractivity contribution in [1.82, 2.24) is 9.55 Å². The number of rotatable bonds is 9. The van der Waals surface area contributed by atoms with Gasteiger partial charge in [-0.25, -0.2) is 13.2 Å². The highest BCUT2D eigenvalue weighted by molar-refractivity contribution is 6.38. The molecule has 0 radical (unpaired) electrons. The molecule has 5 aromatic rings. The molecule has 0 spiro atoms. The summed E-state index contributed by atoms with van der Waals surface area (Å²) in [4.78, 5) is 29.8. The summed E-state index contributed by atoms with van der Waals surface area (Å²) in [5.74, 6) is -4.01. The molecular weight excluding hydrogens is 574 g/mol. The Bertz CT molecular complexity index is 1790. The number of benzene rings is 3. The molecule has 2 heterocycles. The van der Waals surface area contributed by atoms with E-state index in [4.69, 9.17) is 28.9 Å². The lowest BCUT2D eigenvalue weighted by atomic mass is 9.86. The van der Waals surface area contributed by atoms with E-state index in [1.54, 1.807) is 41.1 Å². The molecule has 2 N–H and O–H groups in total. The van der Waals surface area contributed by atoms with Crippen LogP contribution in [0, 0.1) is 17.5 Å². The van der Waals surface area contributed by atoms with Gasteiger partial charge in [0.25, 0.3) is 5.91 Å². The van der Waals surface area contributed by atoms with Crippen molar-refractivity contribution < 1.29 is 22.8 Å². The Balaban J connectivity index is 1.53. The van der Waals surface area contributed by atoms with Gasteiger partial charge in [-0.1, -0.05) is 35.3 Å². The number of amides is 1. The fraction of sp³-hybridized carbons (Fsp3) is 0.129. The number of nitrogens with two attached hydrogens (primary N) is 1. The van der Waals surface area contributed by atoms with Crippen molar-refractivity contribution in [3.05, 3.63) is 123 Å². The topological polar surface area (TPSA) is 78.0 Å². The van der Waals surface area contributed by atoms with Crippen LogP contribution in [0.15, 0.2) is 79.1 Å². The lowest BCUT2D eigenvalue weighted by molar-refractivity contribution is -0.120. The lowest BCUT2D eigenvalue weighted by Gasteiger charge is -2.20. The molecule has 10 heteroatoms. The van der Waals surface area contributed by atoms with Crippen molar-refractivity contribution in [3.63, 3.8) is 0 Å². The van der Waals surface area contributed by atoms with Crippen LogP contribution in [-0.4, -0.2) is 21.2 Å². The highest BCUT2D eigenvalue weighted by Crippen LogP contribution is 2.34. The number of primary amides is 1. The van der Waals surface area contributed by atoms with Crippen LogP contribution in [0.4, 0.5) is 13.2 Å². The number of fused-ring (bicyclic) bond motifs is 1. The van der Waals surface area contributed by atoms with Gasteiger partial charge in [0.15, 0.2) is 5.78 Å². The van der Waals surface area contributed by atoms with E-state index in [1.807, 2.05) is 0 Å². The fourth-order valence-electron chi connectivity index (χ4n) is 5.03. The molecule has 0 fully saturated rings. The van der Waals surface area contributed by atoms with E-state index < -0.39 is 29.3 Å². The first-order valence-corrected chi connectivity index (χ1v) is 13.3. The molecule has 1 atom stereocenters. The molecule has 0 aliphatic carbocycles. The Labute approximate surface area is 243 Å². The van der Waals surface area contributed by atoms with Crippen LogP contribution < -0.4 is 5.73 Å². The van der Waals surface area contributed by atoms with Crippen LogP contribution in [0.25, 0.3) is 22.0 Å². The molecule has 208 valence electrons. The molecule has 0 saturated heterocycles. The SMILES string of the molecule is NC(=O)c1cc(-c2cccnc2[C@@H](CC(=O)Cn2ccc3c(Cl)cc(Cl)cc32)Cc2cc(F)cc(F)c2)ccc1F. The molecule has 0 unspecified atom stereocenters. The van der Waals surface area contributed by atoms with E-state index in [2.05, 4.69) is 4.98 Å². The highest BCUT2D eigenvalue weighted by Gasteiger charge is 2.24. The van der Waals surface area contributed by atoms with Gasteiger partial charge in [0.05, 0.1) is 28.3 Å². The molecule has 0 aliphatic heterocycles. The monoisotopic (exact) mass is 595 g/mol. The van der Waals surface area contributed by atoms with Gasteiger partial charge in [0.2, 0.25) is 0 Å². The van der Waals surface area contributed by atoms with Crippen molar-refractivity contribution in [2.45, 2.75) is 25.3 Å². The number of Topliss-reactive ketones (excluding diaryl/α,β-unsaturated/α-hetero) is 1. The number of nitrogens with zero attached hydrogens (tertiary/aromatic N) is 2. The number of carbonyl (C=O) groups excluding carboxylic acids is 2. The van der Waals surface area contributed by atoms with E-state index in [-0.39, 0.29) is 30.7 Å². The predicted octanol–water partition coefficient (Wildman–Crippen LogP) is 7.51. The maximum atomic E-state index is 14.2. The van der Waals surface area contributed by atoms with Crippen molar-refractivity contribution >= 4 is 45.8 Å². The largest absolute Gasteiger partial charge is 0.366 e. The lowest BCUT2D eigenvalue weighted by Crippen LogP contribution is -2.17. The average molecular weight is 596 g/mol. The highest BCUT2D eigenvalue weighted by atomic mass is 35.5. The summed E-state index contributed by atoms with van der Waals surface area (Å²) in [6.45, 7) is -0.0152. The summed E-state index contributed by atoms with van der Waals surface area (Å²) < 4.78 is 44.1. The van der Waals surface area contributed by atoms with Crippen molar-refractivity contribution in [2.24, 2.45) is 5.73 Å². The minimum absolute atomic E-state index is 0.0152. The van der Waals surface area contributed by atoms with Crippen molar-refractivity contribution in [2.75, 3.05) is 0 Å². The average Bonchev–Trinajstić information content (AvgIpc) is 3.30. The smallest absolute Gasteiger partial charge is 0.251 e. The molecule has 3 aromatic carbocycles. The van der Waals surface area contributed by atoms with Gasteiger partial charge < -0.3 is 10.3 Å². The molecule has 41 heavy (non-hydrogen) atoms. The number of aromatic nitrogens is 2. The second kappa shape index (κ2) is 11.8. The maximum Gasteiger partial charge on any atom is 0.251 e. The van der Waals surface area contributed by atoms with Crippen LogP contribution in [-0.2, 0) is 17.8 Å². The van der Waals surface area contributed by atoms with Gasteiger partial charge in [0, 0.05) is 46.8 Å². The third-order valence-corrected chi connectivity index (χ3v) is 7.33. The van der Waals surface area contributed by atoms with Gasteiger partial charge in [-0.2, -0.15) is 0 Å². The standard InChI is InChI=1S/C31H22Cl2F3N3O2/c32-20-13-27(33)25-5-7-39(29(25)14-20)16-23(40)11-19(8-17-9-21(34)15-22(35)10-17)30-24(2-1-6-38-30)18-3-4-28(36)26(12-18)31(37)41/h1-7,9-10,12-15,19H,8,11,16H2,(H2,37,41)/t19-/m1/s1. The Morgan fingerprint density at radius 2 is 1.71 bits per heavy atom. The second-order valence-corrected chi connectivity index (χ2v) is 10.5. The van der Waals surface area contributed by atoms with Gasteiger partial charge in [-0.15, -0.1) is 0 Å². The number of halogens is 5. The van der Waals surface area contributed by atoms with Gasteiger partial charge in [0.1, 0.15) is 17.5 Å². The van der Waals surface area contributed by atoms with Gasteiger partial charge >= 0.3 is 0 Å². The zero-order valence-corrected chi connectivity index (χ0v) is 22.9. The third-order valence-electron chi connectivity index (χ3n) is 6.80. The molecule has 0 bridgehead atoms. The predicted molar refractivity (Wildman–Crippen MR) is 153 cm³/mol. The Kier molecular flexibility index (Phi) is 8.15. The Hall–Kier alpha value is -4.14. The minimum atomic E-state index is -0.934. The molecule has 5 rings (SSSR count). The third kappa shape index (κ3) is 6.29. The van der Waals surface area contributed by atoms with Crippen LogP contribution in [0.3, 0.4) is 0 Å². The van der Waals surface area contributed by atoms with Crippen LogP contribution in [0.2, 0.25) is 10.0 Å². The second-order valence-electron chi connectivity index (χ2n) is 9.68. The molecule has 1 amide bonds. The minimum Gasteiger partial charge on any atom is -0.366 e. The van der Waals surface area contributed by atoms with Crippen LogP contribution >= 0.6 is 23.2 Å². The van der Waals surface area contributed by atoms with Crippen LogP contribution in [0.1, 0.15) is 34.0 Å². The summed E-state index contributed by atoms with van der Waals surface area (Å²) in [6.07, 6.45) is 3.31. The fourth-order valence-corrected chi connectivity index (χ4v) is 5.58. The van der Waals surface area contributed by atoms with E-state index in [1.165, 1.54) is 30.5 Å². The molecule has 5 nitrogen and oxygen atoms in total. The van der Waals surface area contributed by atoms with E-state index in [0.29, 0.717) is 37.9 Å². The van der Waals surface area contributed by atoms with E-state index in [0.717, 1.165) is 17.5 Å². The van der Waals surface area contributed by atoms with Crippen LogP contribution in [0.5, 0.6) is 0 Å². The first-order valence-electron chi connectivity index (χ1n) is 12.5. The van der Waals surface area contributed by atoms with Gasteiger partial charge in [-0.3, -0.25) is 14.6 Å². The summed E-state index contributed by atoms with van der Waals surface area (Å²) in [6, 6.07) is 15.6. The van der Waals surface area contributed by atoms with Crippen molar-refractivity contribution in [3.8, 4) is 11.1 Å². The zero-order valence-electron chi connectivity index (χ0n) is 21.4. The number of carbonyl (C=O) groups is 2. The quantitative estimate of drug-likeness (QED) is 0.191. The number of hydrogen-bond donors (Lipinski definition) is 1. The molecule has 0 saturated carbocycles. The Morgan fingerprint density at radius 1 is 0.951 bits per heavy atom. The number of ketones is 1. The molecule has 0 aliphatic rings. The summed E-state index contributed by atoms with van der Waals surface area (Å²) in [7, 11) is 0. The summed E-state index contributed by atoms with van der Waals surface area (Å²) >= 11 is 12.5. The molecular formula is C31H22Cl2F3N3O2. The maximum absolute atomic E-state index is 14.2. The Morgan fingerprint density at radius 3 is 2.44 bits per heavy atom. The van der Waals surface area contributed by atoms with E-state index in [9.17, 15) is 22.8 Å². The first-order chi connectivity index (χ1) is 19.6. The first kappa shape index (κ1) is 28.4. The van der Waals surface area contributed by atoms with E-state index >= 15 is 0 Å². The number of pyridine rings is 1. The zero-order chi connectivity index (χ0) is 29.3. The van der Waals surface area contributed by atoms with Gasteiger partial charge in [-0.05, 0) is 66.1 Å². The number of hydrogen-bond acceptors (Lipinski definition) is 3. The normalized spacial score (nSPS) is 12.0.